The number of rotatable bonds is 6. The maximum absolute atomic E-state index is 13.0. The standard InChI is InChI=1S/2C18H16FN3O2/c2*19-15-7-5-14(6-8-15)18-22-21-17(24-18)13-3-1-12(2-4-13)16-11-20-9-10-23-16/h2*1-8,16,20H,9-11H2/t2*16-/m10/s1. The number of nitrogens with one attached hydrogen (secondary N) is 2. The number of hydrogen-bond donors (Lipinski definition) is 2. The summed E-state index contributed by atoms with van der Waals surface area (Å²) in [5, 5.41) is 22.8. The smallest absolute Gasteiger partial charge is 0.248 e. The average molecular weight is 651 g/mol. The number of morpholine rings is 2. The normalized spacial score (nSPS) is 17.8. The zero-order valence-corrected chi connectivity index (χ0v) is 25.8. The molecule has 244 valence electrons. The molecule has 2 aromatic heterocycles. The molecule has 4 aromatic carbocycles. The van der Waals surface area contributed by atoms with E-state index in [2.05, 4.69) is 31.0 Å². The first-order chi connectivity index (χ1) is 23.6. The second kappa shape index (κ2) is 14.7. The van der Waals surface area contributed by atoms with Crippen molar-refractivity contribution >= 4 is 0 Å². The van der Waals surface area contributed by atoms with Crippen molar-refractivity contribution in [2.75, 3.05) is 39.4 Å². The fourth-order valence-corrected chi connectivity index (χ4v) is 5.34. The summed E-state index contributed by atoms with van der Waals surface area (Å²) in [6.07, 6.45) is 0.149. The molecule has 2 saturated heterocycles. The molecular weight excluding hydrogens is 618 g/mol. The minimum Gasteiger partial charge on any atom is -0.416 e. The zero-order valence-electron chi connectivity index (χ0n) is 25.8. The lowest BCUT2D eigenvalue weighted by Crippen LogP contribution is -2.33. The molecule has 4 heterocycles. The fourth-order valence-electron chi connectivity index (χ4n) is 5.34. The van der Waals surface area contributed by atoms with Gasteiger partial charge in [-0.05, 0) is 83.9 Å². The van der Waals surface area contributed by atoms with Gasteiger partial charge in [-0.3, -0.25) is 0 Å². The SMILES string of the molecule is Fc1ccc(-c2nnc(-c3ccc([C@@H]4CNCCO4)cc3)o2)cc1.Fc1ccc(-c2nnc(-c3ccc([C@H]4CNCCO4)cc3)o2)cc1. The van der Waals surface area contributed by atoms with Crippen LogP contribution in [0.1, 0.15) is 23.3 Å². The van der Waals surface area contributed by atoms with Crippen LogP contribution in [-0.2, 0) is 9.47 Å². The largest absolute Gasteiger partial charge is 0.416 e. The van der Waals surface area contributed by atoms with E-state index < -0.39 is 0 Å². The van der Waals surface area contributed by atoms with Crippen molar-refractivity contribution in [1.29, 1.82) is 0 Å². The first kappa shape index (κ1) is 31.5. The van der Waals surface area contributed by atoms with Gasteiger partial charge in [0.05, 0.1) is 25.4 Å². The second-order valence-electron chi connectivity index (χ2n) is 11.2. The van der Waals surface area contributed by atoms with Gasteiger partial charge >= 0.3 is 0 Å². The molecule has 2 fully saturated rings. The summed E-state index contributed by atoms with van der Waals surface area (Å²) in [7, 11) is 0. The van der Waals surface area contributed by atoms with Crippen molar-refractivity contribution in [3.8, 4) is 45.8 Å². The van der Waals surface area contributed by atoms with Crippen LogP contribution in [0.25, 0.3) is 45.8 Å². The number of aromatic nitrogens is 4. The van der Waals surface area contributed by atoms with Crippen LogP contribution in [0.4, 0.5) is 8.78 Å². The van der Waals surface area contributed by atoms with Gasteiger partial charge in [-0.2, -0.15) is 0 Å². The third kappa shape index (κ3) is 7.53. The van der Waals surface area contributed by atoms with Crippen LogP contribution in [-0.4, -0.2) is 59.8 Å². The van der Waals surface area contributed by atoms with E-state index in [1.807, 2.05) is 48.5 Å². The summed E-state index contributed by atoms with van der Waals surface area (Å²) >= 11 is 0. The van der Waals surface area contributed by atoms with Crippen LogP contribution in [0.15, 0.2) is 106 Å². The summed E-state index contributed by atoms with van der Waals surface area (Å²) < 4.78 is 48.8. The molecule has 0 spiro atoms. The van der Waals surface area contributed by atoms with Crippen LogP contribution >= 0.6 is 0 Å². The van der Waals surface area contributed by atoms with Crippen LogP contribution in [0.2, 0.25) is 0 Å². The van der Waals surface area contributed by atoms with Crippen molar-refractivity contribution < 1.29 is 27.1 Å². The molecule has 2 atom stereocenters. The summed E-state index contributed by atoms with van der Waals surface area (Å²) in [5.41, 5.74) is 5.28. The number of benzene rings is 4. The Morgan fingerprint density at radius 3 is 1.06 bits per heavy atom. The molecule has 0 aliphatic carbocycles. The Morgan fingerprint density at radius 1 is 0.458 bits per heavy atom. The highest BCUT2D eigenvalue weighted by Crippen LogP contribution is 2.28. The number of ether oxygens (including phenoxy) is 2. The molecule has 0 radical (unpaired) electrons. The molecule has 0 unspecified atom stereocenters. The van der Waals surface area contributed by atoms with Gasteiger partial charge in [0.15, 0.2) is 0 Å². The molecule has 0 saturated carbocycles. The van der Waals surface area contributed by atoms with E-state index in [4.69, 9.17) is 18.3 Å². The van der Waals surface area contributed by atoms with Crippen molar-refractivity contribution in [3.05, 3.63) is 120 Å². The van der Waals surface area contributed by atoms with Gasteiger partial charge in [-0.25, -0.2) is 8.78 Å². The Morgan fingerprint density at radius 2 is 0.771 bits per heavy atom. The van der Waals surface area contributed by atoms with Gasteiger partial charge in [-0.1, -0.05) is 24.3 Å². The number of halogens is 2. The molecule has 10 nitrogen and oxygen atoms in total. The zero-order chi connectivity index (χ0) is 32.7. The lowest BCUT2D eigenvalue weighted by atomic mass is 10.1. The van der Waals surface area contributed by atoms with Gasteiger partial charge in [-0.15, -0.1) is 20.4 Å². The van der Waals surface area contributed by atoms with Gasteiger partial charge in [0.2, 0.25) is 23.6 Å². The van der Waals surface area contributed by atoms with Gasteiger partial charge in [0, 0.05) is 48.4 Å². The molecule has 2 N–H and O–H groups in total. The minimum atomic E-state index is -0.298. The Hall–Kier alpha value is -5.14. The monoisotopic (exact) mass is 650 g/mol. The highest BCUT2D eigenvalue weighted by molar-refractivity contribution is 5.59. The van der Waals surface area contributed by atoms with Gasteiger partial charge < -0.3 is 28.9 Å². The van der Waals surface area contributed by atoms with Crippen molar-refractivity contribution in [3.63, 3.8) is 0 Å². The minimum absolute atomic E-state index is 0.0743. The summed E-state index contributed by atoms with van der Waals surface area (Å²) in [4.78, 5) is 0. The summed E-state index contributed by atoms with van der Waals surface area (Å²) in [6, 6.07) is 27.7. The Bertz CT molecular complexity index is 1760. The third-order valence-corrected chi connectivity index (χ3v) is 7.95. The topological polar surface area (TPSA) is 120 Å². The van der Waals surface area contributed by atoms with E-state index in [-0.39, 0.29) is 23.8 Å². The predicted octanol–water partition coefficient (Wildman–Crippen LogP) is 6.41. The van der Waals surface area contributed by atoms with Gasteiger partial charge in [0.25, 0.3) is 0 Å². The lowest BCUT2D eigenvalue weighted by molar-refractivity contribution is 0.0276. The molecular formula is C36H32F2N6O4. The van der Waals surface area contributed by atoms with Crippen LogP contribution in [0, 0.1) is 11.6 Å². The van der Waals surface area contributed by atoms with E-state index >= 15 is 0 Å². The van der Waals surface area contributed by atoms with Crippen LogP contribution < -0.4 is 10.6 Å². The molecule has 12 heteroatoms. The predicted molar refractivity (Wildman–Crippen MR) is 173 cm³/mol. The fraction of sp³-hybridized carbons (Fsp3) is 0.222. The Labute approximate surface area is 275 Å². The quantitative estimate of drug-likeness (QED) is 0.209. The Kier molecular flexibility index (Phi) is 9.66. The molecule has 2 aliphatic heterocycles. The molecule has 6 aromatic rings. The summed E-state index contributed by atoms with van der Waals surface area (Å²) in [5.74, 6) is 1.01. The first-order valence-electron chi connectivity index (χ1n) is 15.6. The van der Waals surface area contributed by atoms with E-state index in [9.17, 15) is 8.78 Å². The van der Waals surface area contributed by atoms with Gasteiger partial charge in [0.1, 0.15) is 11.6 Å². The van der Waals surface area contributed by atoms with E-state index in [1.54, 1.807) is 24.3 Å². The maximum Gasteiger partial charge on any atom is 0.248 e. The van der Waals surface area contributed by atoms with Crippen LogP contribution in [0.5, 0.6) is 0 Å². The molecule has 2 aliphatic rings. The second-order valence-corrected chi connectivity index (χ2v) is 11.2. The average Bonchev–Trinajstić information content (AvgIpc) is 3.85. The molecule has 0 amide bonds. The number of nitrogens with zero attached hydrogens (tertiary/aromatic N) is 4. The van der Waals surface area contributed by atoms with Crippen LogP contribution in [0.3, 0.4) is 0 Å². The van der Waals surface area contributed by atoms with Crippen molar-refractivity contribution in [2.24, 2.45) is 0 Å². The Balaban J connectivity index is 0.000000152. The molecule has 0 bridgehead atoms. The van der Waals surface area contributed by atoms with Crippen molar-refractivity contribution in [2.45, 2.75) is 12.2 Å². The number of hydrogen-bond acceptors (Lipinski definition) is 10. The third-order valence-electron chi connectivity index (χ3n) is 7.95. The highest BCUT2D eigenvalue weighted by atomic mass is 19.1. The molecule has 8 rings (SSSR count). The molecule has 48 heavy (non-hydrogen) atoms. The first-order valence-corrected chi connectivity index (χ1v) is 15.6. The maximum atomic E-state index is 13.0. The highest BCUT2D eigenvalue weighted by Gasteiger charge is 2.18. The lowest BCUT2D eigenvalue weighted by Gasteiger charge is -2.23. The summed E-state index contributed by atoms with van der Waals surface area (Å²) in [6.45, 7) is 4.85. The van der Waals surface area contributed by atoms with Crippen molar-refractivity contribution in [1.82, 2.24) is 31.0 Å². The van der Waals surface area contributed by atoms with E-state index in [1.165, 1.54) is 24.3 Å². The van der Waals surface area contributed by atoms with E-state index in [0.29, 0.717) is 34.7 Å². The van der Waals surface area contributed by atoms with E-state index in [0.717, 1.165) is 61.6 Å².